The first-order valence-electron chi connectivity index (χ1n) is 7.33. The molecule has 1 aromatic heterocycles. The first-order chi connectivity index (χ1) is 10.3. The molecule has 0 bridgehead atoms. The Morgan fingerprint density at radius 1 is 1.24 bits per heavy atom. The van der Waals surface area contributed by atoms with Gasteiger partial charge in [-0.05, 0) is 36.2 Å². The summed E-state index contributed by atoms with van der Waals surface area (Å²) in [4.78, 5) is 2.39. The molecular formula is C17H21NO3. The van der Waals surface area contributed by atoms with Crippen LogP contribution in [0.3, 0.4) is 0 Å². The van der Waals surface area contributed by atoms with E-state index < -0.39 is 0 Å². The van der Waals surface area contributed by atoms with E-state index in [9.17, 15) is 0 Å². The Labute approximate surface area is 125 Å². The van der Waals surface area contributed by atoms with Gasteiger partial charge in [0.05, 0.1) is 32.6 Å². The van der Waals surface area contributed by atoms with Gasteiger partial charge >= 0.3 is 0 Å². The van der Waals surface area contributed by atoms with E-state index in [4.69, 9.17) is 13.9 Å². The number of nitrogens with zero attached hydrogens (tertiary/aromatic N) is 1. The fourth-order valence-electron chi connectivity index (χ4n) is 2.69. The summed E-state index contributed by atoms with van der Waals surface area (Å²) in [5.41, 5.74) is 1.28. The van der Waals surface area contributed by atoms with Gasteiger partial charge in [-0.3, -0.25) is 4.90 Å². The van der Waals surface area contributed by atoms with Crippen LogP contribution in [0.15, 0.2) is 47.1 Å². The lowest BCUT2D eigenvalue weighted by Crippen LogP contribution is -2.42. The van der Waals surface area contributed by atoms with Crippen LogP contribution in [-0.2, 0) is 17.7 Å². The summed E-state index contributed by atoms with van der Waals surface area (Å²) in [5, 5.41) is 0. The van der Waals surface area contributed by atoms with E-state index in [1.165, 1.54) is 5.56 Å². The quantitative estimate of drug-likeness (QED) is 0.847. The van der Waals surface area contributed by atoms with E-state index in [0.29, 0.717) is 0 Å². The molecule has 2 heterocycles. The number of morpholine rings is 1. The topological polar surface area (TPSA) is 34.8 Å². The summed E-state index contributed by atoms with van der Waals surface area (Å²) in [6.07, 6.45) is 2.89. The maximum atomic E-state index is 5.88. The second kappa shape index (κ2) is 6.78. The number of ether oxygens (including phenoxy) is 2. The minimum atomic E-state index is 0.238. The Morgan fingerprint density at radius 3 is 2.81 bits per heavy atom. The van der Waals surface area contributed by atoms with Crippen molar-refractivity contribution in [3.63, 3.8) is 0 Å². The van der Waals surface area contributed by atoms with Crippen molar-refractivity contribution >= 4 is 0 Å². The summed E-state index contributed by atoms with van der Waals surface area (Å²) in [6, 6.07) is 12.2. The first kappa shape index (κ1) is 14.2. The van der Waals surface area contributed by atoms with Crippen LogP contribution in [0.25, 0.3) is 0 Å². The molecule has 1 aliphatic rings. The Morgan fingerprint density at radius 2 is 2.10 bits per heavy atom. The first-order valence-corrected chi connectivity index (χ1v) is 7.33. The van der Waals surface area contributed by atoms with Gasteiger partial charge in [-0.2, -0.15) is 0 Å². The van der Waals surface area contributed by atoms with Gasteiger partial charge in [-0.25, -0.2) is 0 Å². The van der Waals surface area contributed by atoms with Gasteiger partial charge in [0.2, 0.25) is 0 Å². The van der Waals surface area contributed by atoms with Crippen LogP contribution in [0.4, 0.5) is 0 Å². The van der Waals surface area contributed by atoms with Gasteiger partial charge < -0.3 is 13.9 Å². The highest BCUT2D eigenvalue weighted by atomic mass is 16.5. The molecule has 1 saturated heterocycles. The number of benzene rings is 1. The van der Waals surface area contributed by atoms with Gasteiger partial charge in [-0.15, -0.1) is 0 Å². The molecule has 0 N–H and O–H groups in total. The van der Waals surface area contributed by atoms with Crippen molar-refractivity contribution in [1.82, 2.24) is 4.90 Å². The molecular weight excluding hydrogens is 266 g/mol. The second-order valence-corrected chi connectivity index (χ2v) is 5.36. The third-order valence-electron chi connectivity index (χ3n) is 3.80. The molecule has 1 atom stereocenters. The lowest BCUT2D eigenvalue weighted by atomic mass is 10.1. The minimum absolute atomic E-state index is 0.238. The maximum absolute atomic E-state index is 5.88. The van der Waals surface area contributed by atoms with Crippen molar-refractivity contribution in [3.8, 4) is 5.75 Å². The van der Waals surface area contributed by atoms with Gasteiger partial charge in [0.25, 0.3) is 0 Å². The molecule has 1 fully saturated rings. The van der Waals surface area contributed by atoms with Crippen molar-refractivity contribution < 1.29 is 13.9 Å². The molecule has 21 heavy (non-hydrogen) atoms. The van der Waals surface area contributed by atoms with Crippen molar-refractivity contribution in [3.05, 3.63) is 54.0 Å². The van der Waals surface area contributed by atoms with E-state index in [0.717, 1.165) is 44.2 Å². The zero-order chi connectivity index (χ0) is 14.5. The van der Waals surface area contributed by atoms with Crippen molar-refractivity contribution in [2.24, 2.45) is 0 Å². The molecule has 0 saturated carbocycles. The molecule has 1 aliphatic heterocycles. The summed E-state index contributed by atoms with van der Waals surface area (Å²) < 4.78 is 16.5. The molecule has 3 rings (SSSR count). The third kappa shape index (κ3) is 3.86. The van der Waals surface area contributed by atoms with E-state index in [1.54, 1.807) is 13.4 Å². The van der Waals surface area contributed by atoms with Crippen LogP contribution in [0.5, 0.6) is 5.75 Å². The molecule has 0 spiro atoms. The molecule has 2 aromatic rings. The number of hydrogen-bond donors (Lipinski definition) is 0. The smallest absolute Gasteiger partial charge is 0.118 e. The Balaban J connectivity index is 1.55. The van der Waals surface area contributed by atoms with Gasteiger partial charge in [0, 0.05) is 13.1 Å². The van der Waals surface area contributed by atoms with Gasteiger partial charge in [0.1, 0.15) is 11.5 Å². The summed E-state index contributed by atoms with van der Waals surface area (Å²) >= 11 is 0. The van der Waals surface area contributed by atoms with Crippen LogP contribution < -0.4 is 4.74 Å². The summed E-state index contributed by atoms with van der Waals surface area (Å²) in [7, 11) is 1.69. The fourth-order valence-corrected chi connectivity index (χ4v) is 2.69. The molecule has 0 radical (unpaired) electrons. The predicted molar refractivity (Wildman–Crippen MR) is 80.4 cm³/mol. The van der Waals surface area contributed by atoms with Crippen molar-refractivity contribution in [2.75, 3.05) is 26.8 Å². The largest absolute Gasteiger partial charge is 0.497 e. The molecule has 4 heteroatoms. The van der Waals surface area contributed by atoms with Gasteiger partial charge in [-0.1, -0.05) is 12.1 Å². The number of furan rings is 1. The Hall–Kier alpha value is -1.78. The average Bonchev–Trinajstić information content (AvgIpc) is 3.01. The number of methoxy groups -OCH3 is 1. The van der Waals surface area contributed by atoms with E-state index in [-0.39, 0.29) is 6.10 Å². The molecule has 112 valence electrons. The second-order valence-electron chi connectivity index (χ2n) is 5.36. The normalized spacial score (nSPS) is 19.6. The van der Waals surface area contributed by atoms with Crippen molar-refractivity contribution in [2.45, 2.75) is 19.1 Å². The average molecular weight is 287 g/mol. The minimum Gasteiger partial charge on any atom is -0.497 e. The monoisotopic (exact) mass is 287 g/mol. The lowest BCUT2D eigenvalue weighted by Gasteiger charge is -2.32. The standard InChI is InChI=1S/C17H21NO3/c1-19-15-6-4-14(5-7-15)11-17-13-18(8-10-21-17)12-16-3-2-9-20-16/h2-7,9,17H,8,10-13H2,1H3. The van der Waals surface area contributed by atoms with Gasteiger partial charge in [0.15, 0.2) is 0 Å². The van der Waals surface area contributed by atoms with Crippen LogP contribution >= 0.6 is 0 Å². The SMILES string of the molecule is COc1ccc(CC2CN(Cc3ccco3)CCO2)cc1. The molecule has 0 aliphatic carbocycles. The fraction of sp³-hybridized carbons (Fsp3) is 0.412. The van der Waals surface area contributed by atoms with E-state index in [1.807, 2.05) is 24.3 Å². The molecule has 1 unspecified atom stereocenters. The Kier molecular flexibility index (Phi) is 4.58. The highest BCUT2D eigenvalue weighted by Gasteiger charge is 2.21. The highest BCUT2D eigenvalue weighted by Crippen LogP contribution is 2.17. The predicted octanol–water partition coefficient (Wildman–Crippen LogP) is 2.73. The van der Waals surface area contributed by atoms with Crippen LogP contribution in [0.2, 0.25) is 0 Å². The van der Waals surface area contributed by atoms with Crippen LogP contribution in [-0.4, -0.2) is 37.8 Å². The number of rotatable bonds is 5. The summed E-state index contributed by atoms with van der Waals surface area (Å²) in [5.74, 6) is 1.91. The molecule has 4 nitrogen and oxygen atoms in total. The summed E-state index contributed by atoms with van der Waals surface area (Å²) in [6.45, 7) is 3.53. The third-order valence-corrected chi connectivity index (χ3v) is 3.80. The van der Waals surface area contributed by atoms with Crippen molar-refractivity contribution in [1.29, 1.82) is 0 Å². The maximum Gasteiger partial charge on any atom is 0.118 e. The lowest BCUT2D eigenvalue weighted by molar-refractivity contribution is -0.0322. The van der Waals surface area contributed by atoms with Crippen LogP contribution in [0.1, 0.15) is 11.3 Å². The zero-order valence-electron chi connectivity index (χ0n) is 12.3. The van der Waals surface area contributed by atoms with E-state index in [2.05, 4.69) is 17.0 Å². The zero-order valence-corrected chi connectivity index (χ0v) is 12.3. The van der Waals surface area contributed by atoms with E-state index >= 15 is 0 Å². The van der Waals surface area contributed by atoms with Crippen LogP contribution in [0, 0.1) is 0 Å². The molecule has 1 aromatic carbocycles. The Bertz CT molecular complexity index is 536. The molecule has 0 amide bonds. The highest BCUT2D eigenvalue weighted by molar-refractivity contribution is 5.27. The number of hydrogen-bond acceptors (Lipinski definition) is 4.